The van der Waals surface area contributed by atoms with Gasteiger partial charge in [0.25, 0.3) is 0 Å². The van der Waals surface area contributed by atoms with Gasteiger partial charge in [-0.3, -0.25) is 9.79 Å². The number of rotatable bonds is 9. The quantitative estimate of drug-likeness (QED) is 0.407. The first-order chi connectivity index (χ1) is 12.2. The average molecular weight is 346 g/mol. The molecule has 1 heterocycles. The lowest BCUT2D eigenvalue weighted by atomic mass is 10.1. The van der Waals surface area contributed by atoms with Crippen molar-refractivity contribution >= 4 is 11.9 Å². The number of nitrogens with one attached hydrogen (secondary N) is 2. The first-order valence-corrected chi connectivity index (χ1v) is 9.16. The Morgan fingerprint density at radius 1 is 1.36 bits per heavy atom. The summed E-state index contributed by atoms with van der Waals surface area (Å²) in [6.45, 7) is 6.13. The van der Waals surface area contributed by atoms with Crippen molar-refractivity contribution in [1.82, 2.24) is 15.5 Å². The molecular weight excluding hydrogens is 316 g/mol. The molecule has 0 aromatic heterocycles. The van der Waals surface area contributed by atoms with Crippen molar-refractivity contribution in [3.8, 4) is 5.75 Å². The van der Waals surface area contributed by atoms with Crippen LogP contribution in [0.4, 0.5) is 0 Å². The van der Waals surface area contributed by atoms with E-state index in [0.717, 1.165) is 63.7 Å². The van der Waals surface area contributed by atoms with Crippen LogP contribution in [0.2, 0.25) is 0 Å². The number of carbonyl (C=O) groups excluding carboxylic acids is 1. The predicted molar refractivity (Wildman–Crippen MR) is 101 cm³/mol. The summed E-state index contributed by atoms with van der Waals surface area (Å²) in [6, 6.07) is 8.11. The topological polar surface area (TPSA) is 66.0 Å². The van der Waals surface area contributed by atoms with Crippen molar-refractivity contribution < 1.29 is 9.53 Å². The van der Waals surface area contributed by atoms with Gasteiger partial charge in [-0.2, -0.15) is 0 Å². The van der Waals surface area contributed by atoms with E-state index in [4.69, 9.17) is 4.74 Å². The molecule has 1 aromatic carbocycles. The smallest absolute Gasteiger partial charge is 0.222 e. The van der Waals surface area contributed by atoms with Gasteiger partial charge >= 0.3 is 0 Å². The minimum atomic E-state index is 0.285. The Morgan fingerprint density at radius 3 is 2.96 bits per heavy atom. The highest BCUT2D eigenvalue weighted by Crippen LogP contribution is 2.12. The van der Waals surface area contributed by atoms with Crippen LogP contribution in [-0.4, -0.2) is 56.6 Å². The summed E-state index contributed by atoms with van der Waals surface area (Å²) in [5, 5.41) is 6.62. The molecule has 1 saturated heterocycles. The zero-order valence-corrected chi connectivity index (χ0v) is 15.4. The number of guanidine groups is 1. The Morgan fingerprint density at radius 2 is 2.24 bits per heavy atom. The molecule has 1 amide bonds. The fraction of sp³-hybridized carbons (Fsp3) is 0.579. The van der Waals surface area contributed by atoms with Crippen molar-refractivity contribution in [2.75, 3.05) is 39.8 Å². The Labute approximate surface area is 150 Å². The number of benzene rings is 1. The van der Waals surface area contributed by atoms with Gasteiger partial charge in [0, 0.05) is 39.1 Å². The van der Waals surface area contributed by atoms with Gasteiger partial charge in [0.15, 0.2) is 5.96 Å². The molecule has 1 aliphatic heterocycles. The zero-order valence-electron chi connectivity index (χ0n) is 15.4. The summed E-state index contributed by atoms with van der Waals surface area (Å²) in [6.07, 6.45) is 3.51. The summed E-state index contributed by atoms with van der Waals surface area (Å²) in [4.78, 5) is 18.1. The zero-order chi connectivity index (χ0) is 17.9. The van der Waals surface area contributed by atoms with Crippen molar-refractivity contribution in [1.29, 1.82) is 0 Å². The largest absolute Gasteiger partial charge is 0.497 e. The normalized spacial score (nSPS) is 14.7. The number of aliphatic imine (C=N–C) groups is 1. The summed E-state index contributed by atoms with van der Waals surface area (Å²) >= 11 is 0. The van der Waals surface area contributed by atoms with Crippen molar-refractivity contribution in [2.24, 2.45) is 4.99 Å². The maximum atomic E-state index is 11.6. The maximum absolute atomic E-state index is 11.6. The van der Waals surface area contributed by atoms with Gasteiger partial charge in [-0.15, -0.1) is 0 Å². The minimum absolute atomic E-state index is 0.285. The third-order valence-electron chi connectivity index (χ3n) is 4.21. The lowest BCUT2D eigenvalue weighted by Gasteiger charge is -2.15. The van der Waals surface area contributed by atoms with Crippen LogP contribution >= 0.6 is 0 Å². The number of carbonyl (C=O) groups is 1. The lowest BCUT2D eigenvalue weighted by molar-refractivity contribution is -0.127. The van der Waals surface area contributed by atoms with Gasteiger partial charge in [-0.25, -0.2) is 0 Å². The number of ether oxygens (including phenoxy) is 1. The Balaban J connectivity index is 1.72. The first-order valence-electron chi connectivity index (χ1n) is 9.16. The third-order valence-corrected chi connectivity index (χ3v) is 4.21. The van der Waals surface area contributed by atoms with E-state index < -0.39 is 0 Å². The van der Waals surface area contributed by atoms with E-state index in [1.807, 2.05) is 17.0 Å². The Hall–Kier alpha value is -2.24. The van der Waals surface area contributed by atoms with Crippen LogP contribution in [0.25, 0.3) is 0 Å². The molecule has 1 fully saturated rings. The molecule has 6 heteroatoms. The van der Waals surface area contributed by atoms with Gasteiger partial charge in [-0.05, 0) is 43.9 Å². The van der Waals surface area contributed by atoms with Crippen LogP contribution in [-0.2, 0) is 11.2 Å². The summed E-state index contributed by atoms with van der Waals surface area (Å²) in [5.74, 6) is 2.00. The van der Waals surface area contributed by atoms with Gasteiger partial charge in [0.2, 0.25) is 5.91 Å². The number of likely N-dealkylation sites (tertiary alicyclic amines) is 1. The molecule has 1 aromatic rings. The van der Waals surface area contributed by atoms with Gasteiger partial charge in [-0.1, -0.05) is 12.1 Å². The minimum Gasteiger partial charge on any atom is -0.497 e. The van der Waals surface area contributed by atoms with E-state index in [1.165, 1.54) is 5.56 Å². The van der Waals surface area contributed by atoms with Gasteiger partial charge < -0.3 is 20.3 Å². The fourth-order valence-corrected chi connectivity index (χ4v) is 2.89. The molecular formula is C19H30N4O2. The Bertz CT molecular complexity index is 574. The molecule has 1 aliphatic rings. The fourth-order valence-electron chi connectivity index (χ4n) is 2.89. The monoisotopic (exact) mass is 346 g/mol. The number of hydrogen-bond acceptors (Lipinski definition) is 3. The standard InChI is InChI=1S/C19H30N4O2/c1-3-20-19(21-11-6-14-23-13-5-9-18(23)24)22-12-10-16-7-4-8-17(15-16)25-2/h4,7-8,15H,3,5-6,9-14H2,1-2H3,(H2,20,21,22). The molecule has 0 atom stereocenters. The van der Waals surface area contributed by atoms with E-state index >= 15 is 0 Å². The van der Waals surface area contributed by atoms with Crippen LogP contribution < -0.4 is 15.4 Å². The average Bonchev–Trinajstić information content (AvgIpc) is 3.04. The van der Waals surface area contributed by atoms with Crippen LogP contribution in [0, 0.1) is 0 Å². The van der Waals surface area contributed by atoms with E-state index in [9.17, 15) is 4.79 Å². The number of hydrogen-bond donors (Lipinski definition) is 2. The molecule has 0 aliphatic carbocycles. The maximum Gasteiger partial charge on any atom is 0.222 e. The third kappa shape index (κ3) is 6.64. The molecule has 0 radical (unpaired) electrons. The molecule has 0 unspecified atom stereocenters. The highest BCUT2D eigenvalue weighted by atomic mass is 16.5. The molecule has 0 saturated carbocycles. The van der Waals surface area contributed by atoms with Gasteiger partial charge in [0.1, 0.15) is 5.75 Å². The second kappa shape index (κ2) is 10.6. The van der Waals surface area contributed by atoms with Crippen molar-refractivity contribution in [2.45, 2.75) is 32.6 Å². The molecule has 6 nitrogen and oxygen atoms in total. The van der Waals surface area contributed by atoms with E-state index in [2.05, 4.69) is 34.7 Å². The van der Waals surface area contributed by atoms with Crippen LogP contribution in [0.5, 0.6) is 5.75 Å². The molecule has 2 N–H and O–H groups in total. The lowest BCUT2D eigenvalue weighted by Crippen LogP contribution is -2.38. The van der Waals surface area contributed by atoms with E-state index in [0.29, 0.717) is 6.42 Å². The number of nitrogens with zero attached hydrogens (tertiary/aromatic N) is 2. The highest BCUT2D eigenvalue weighted by molar-refractivity contribution is 5.79. The first kappa shape index (κ1) is 19.1. The predicted octanol–water partition coefficient (Wildman–Crippen LogP) is 1.81. The molecule has 2 rings (SSSR count). The molecule has 0 spiro atoms. The summed E-state index contributed by atoms with van der Waals surface area (Å²) < 4.78 is 5.25. The molecule has 138 valence electrons. The molecule has 25 heavy (non-hydrogen) atoms. The SMILES string of the molecule is CCNC(=NCCCN1CCCC1=O)NCCc1cccc(OC)c1. The number of amides is 1. The summed E-state index contributed by atoms with van der Waals surface area (Å²) in [5.41, 5.74) is 1.23. The van der Waals surface area contributed by atoms with E-state index in [-0.39, 0.29) is 5.91 Å². The van der Waals surface area contributed by atoms with Crippen molar-refractivity contribution in [3.63, 3.8) is 0 Å². The van der Waals surface area contributed by atoms with Crippen LogP contribution in [0.15, 0.2) is 29.3 Å². The Kier molecular flexibility index (Phi) is 8.09. The summed E-state index contributed by atoms with van der Waals surface area (Å²) in [7, 11) is 1.68. The van der Waals surface area contributed by atoms with Crippen molar-refractivity contribution in [3.05, 3.63) is 29.8 Å². The van der Waals surface area contributed by atoms with Gasteiger partial charge in [0.05, 0.1) is 7.11 Å². The molecule has 0 bridgehead atoms. The second-order valence-corrected chi connectivity index (χ2v) is 6.13. The van der Waals surface area contributed by atoms with Crippen LogP contribution in [0.3, 0.4) is 0 Å². The van der Waals surface area contributed by atoms with E-state index in [1.54, 1.807) is 7.11 Å². The second-order valence-electron chi connectivity index (χ2n) is 6.13. The van der Waals surface area contributed by atoms with Crippen LogP contribution in [0.1, 0.15) is 31.7 Å². The highest BCUT2D eigenvalue weighted by Gasteiger charge is 2.18. The number of methoxy groups -OCH3 is 1.